The van der Waals surface area contributed by atoms with Crippen LogP contribution in [0.15, 0.2) is 0 Å². The van der Waals surface area contributed by atoms with Crippen LogP contribution >= 0.6 is 0 Å². The Morgan fingerprint density at radius 1 is 1.25 bits per heavy atom. The number of ether oxygens (including phenoxy) is 1. The lowest BCUT2D eigenvalue weighted by molar-refractivity contribution is -0.0841. The van der Waals surface area contributed by atoms with E-state index in [0.29, 0.717) is 13.0 Å². The molecule has 1 saturated heterocycles. The lowest BCUT2D eigenvalue weighted by Gasteiger charge is -2.36. The maximum atomic E-state index is 12.8. The second-order valence-corrected chi connectivity index (χ2v) is 3.42. The normalized spacial score (nSPS) is 23.6. The van der Waals surface area contributed by atoms with Crippen molar-refractivity contribution in [2.75, 3.05) is 27.3 Å². The van der Waals surface area contributed by atoms with Crippen molar-refractivity contribution in [3.63, 3.8) is 0 Å². The predicted octanol–water partition coefficient (Wildman–Crippen LogP) is 3.41. The van der Waals surface area contributed by atoms with Gasteiger partial charge in [0.2, 0.25) is 0 Å². The molecule has 1 unspecified atom stereocenters. The van der Waals surface area contributed by atoms with Gasteiger partial charge in [0.05, 0.1) is 13.2 Å². The van der Waals surface area contributed by atoms with E-state index in [0.717, 1.165) is 0 Å². The third-order valence-corrected chi connectivity index (χ3v) is 2.31. The van der Waals surface area contributed by atoms with E-state index in [2.05, 4.69) is 0 Å². The quantitative estimate of drug-likeness (QED) is 0.732. The number of halogens is 2. The topological polar surface area (TPSA) is 12.5 Å². The van der Waals surface area contributed by atoms with E-state index < -0.39 is 5.92 Å². The van der Waals surface area contributed by atoms with E-state index in [1.165, 1.54) is 0 Å². The monoisotopic (exact) mass is 239 g/mol. The smallest absolute Gasteiger partial charge is 0.260 e. The van der Waals surface area contributed by atoms with Crippen molar-refractivity contribution >= 4 is 0 Å². The van der Waals surface area contributed by atoms with Crippen LogP contribution in [0.3, 0.4) is 0 Å². The Kier molecular flexibility index (Phi) is 11.3. The van der Waals surface area contributed by atoms with Crippen molar-refractivity contribution in [2.45, 2.75) is 52.5 Å². The van der Waals surface area contributed by atoms with Crippen LogP contribution in [0.1, 0.15) is 40.5 Å². The van der Waals surface area contributed by atoms with Gasteiger partial charge in [0.15, 0.2) is 0 Å². The van der Waals surface area contributed by atoms with Crippen molar-refractivity contribution in [3.8, 4) is 0 Å². The third kappa shape index (κ3) is 7.12. The number of hydrogen-bond acceptors (Lipinski definition) is 2. The molecule has 0 aliphatic carbocycles. The maximum absolute atomic E-state index is 12.8. The first-order valence-corrected chi connectivity index (χ1v) is 6.12. The SMILES string of the molecule is CC.CC.COCC1CCC(F)(F)CN1C. The standard InChI is InChI=1S/C8H15F2NO.2C2H6/c1-11-6-8(9,10)4-3-7(11)5-12-2;2*1-2/h7H,3-6H2,1-2H3;2*1-2H3. The fraction of sp³-hybridized carbons (Fsp3) is 1.00. The Balaban J connectivity index is 0. The van der Waals surface area contributed by atoms with Gasteiger partial charge in [-0.05, 0) is 13.5 Å². The van der Waals surface area contributed by atoms with Gasteiger partial charge in [-0.3, -0.25) is 4.90 Å². The Bertz CT molecular complexity index is 154. The predicted molar refractivity (Wildman–Crippen MR) is 65.2 cm³/mol. The Morgan fingerprint density at radius 2 is 1.75 bits per heavy atom. The highest BCUT2D eigenvalue weighted by molar-refractivity contribution is 4.83. The number of rotatable bonds is 2. The number of methoxy groups -OCH3 is 1. The molecule has 0 bridgehead atoms. The van der Waals surface area contributed by atoms with Gasteiger partial charge in [-0.15, -0.1) is 0 Å². The average molecular weight is 239 g/mol. The minimum atomic E-state index is -2.50. The highest BCUT2D eigenvalue weighted by Gasteiger charge is 2.37. The molecule has 1 heterocycles. The molecule has 0 spiro atoms. The molecule has 1 fully saturated rings. The second-order valence-electron chi connectivity index (χ2n) is 3.42. The second kappa shape index (κ2) is 9.97. The van der Waals surface area contributed by atoms with Crippen LogP contribution in [0.2, 0.25) is 0 Å². The zero-order valence-electron chi connectivity index (χ0n) is 11.5. The zero-order chi connectivity index (χ0) is 13.2. The van der Waals surface area contributed by atoms with E-state index in [9.17, 15) is 8.78 Å². The van der Waals surface area contributed by atoms with Gasteiger partial charge in [0.1, 0.15) is 0 Å². The van der Waals surface area contributed by atoms with Crippen molar-refractivity contribution in [2.24, 2.45) is 0 Å². The summed E-state index contributed by atoms with van der Waals surface area (Å²) < 4.78 is 30.5. The van der Waals surface area contributed by atoms with Gasteiger partial charge in [-0.25, -0.2) is 8.78 Å². The van der Waals surface area contributed by atoms with E-state index in [-0.39, 0.29) is 19.0 Å². The van der Waals surface area contributed by atoms with Gasteiger partial charge >= 0.3 is 0 Å². The van der Waals surface area contributed by atoms with E-state index in [4.69, 9.17) is 4.74 Å². The van der Waals surface area contributed by atoms with Crippen LogP contribution in [-0.4, -0.2) is 44.2 Å². The number of hydrogen-bond donors (Lipinski definition) is 0. The lowest BCUT2D eigenvalue weighted by atomic mass is 10.0. The highest BCUT2D eigenvalue weighted by atomic mass is 19.3. The van der Waals surface area contributed by atoms with Crippen LogP contribution < -0.4 is 0 Å². The summed E-state index contributed by atoms with van der Waals surface area (Å²) in [6, 6.07) is 0.162. The minimum absolute atomic E-state index is 0.00856. The van der Waals surface area contributed by atoms with E-state index in [1.807, 2.05) is 27.7 Å². The van der Waals surface area contributed by atoms with Crippen molar-refractivity contribution in [1.82, 2.24) is 4.90 Å². The van der Waals surface area contributed by atoms with Gasteiger partial charge < -0.3 is 4.74 Å². The van der Waals surface area contributed by atoms with Crippen LogP contribution in [0.5, 0.6) is 0 Å². The molecule has 2 nitrogen and oxygen atoms in total. The number of piperidine rings is 1. The number of alkyl halides is 2. The van der Waals surface area contributed by atoms with Gasteiger partial charge in [0, 0.05) is 19.6 Å². The fourth-order valence-corrected chi connectivity index (χ4v) is 1.57. The average Bonchev–Trinajstić information content (AvgIpc) is 2.27. The molecule has 1 rings (SSSR count). The molecule has 100 valence electrons. The van der Waals surface area contributed by atoms with Crippen LogP contribution in [-0.2, 0) is 4.74 Å². The molecule has 0 aromatic carbocycles. The van der Waals surface area contributed by atoms with Crippen LogP contribution in [0, 0.1) is 0 Å². The molecular weight excluding hydrogens is 212 g/mol. The van der Waals surface area contributed by atoms with Crippen molar-refractivity contribution < 1.29 is 13.5 Å². The van der Waals surface area contributed by atoms with E-state index >= 15 is 0 Å². The third-order valence-electron chi connectivity index (χ3n) is 2.31. The van der Waals surface area contributed by atoms with Crippen molar-refractivity contribution in [3.05, 3.63) is 0 Å². The van der Waals surface area contributed by atoms with E-state index in [1.54, 1.807) is 19.1 Å². The first-order chi connectivity index (χ1) is 7.55. The first kappa shape index (κ1) is 18.2. The first-order valence-electron chi connectivity index (χ1n) is 6.12. The van der Waals surface area contributed by atoms with Gasteiger partial charge in [0.25, 0.3) is 5.92 Å². The molecule has 0 amide bonds. The van der Waals surface area contributed by atoms with Crippen LogP contribution in [0.4, 0.5) is 8.78 Å². The lowest BCUT2D eigenvalue weighted by Crippen LogP contribution is -2.48. The summed E-state index contributed by atoms with van der Waals surface area (Å²) in [7, 11) is 3.32. The summed E-state index contributed by atoms with van der Waals surface area (Å²) in [6.07, 6.45) is 0.517. The zero-order valence-corrected chi connectivity index (χ0v) is 11.5. The van der Waals surface area contributed by atoms with Crippen LogP contribution in [0.25, 0.3) is 0 Å². The molecule has 0 saturated carbocycles. The summed E-state index contributed by atoms with van der Waals surface area (Å²) in [5.74, 6) is -2.50. The molecule has 0 aromatic rings. The number of likely N-dealkylation sites (tertiary alicyclic amines) is 1. The number of likely N-dealkylation sites (N-methyl/N-ethyl adjacent to an activating group) is 1. The summed E-state index contributed by atoms with van der Waals surface area (Å²) in [6.45, 7) is 8.41. The van der Waals surface area contributed by atoms with Gasteiger partial charge in [-0.2, -0.15) is 0 Å². The summed E-state index contributed by atoms with van der Waals surface area (Å²) >= 11 is 0. The molecule has 1 aliphatic heterocycles. The molecule has 1 aliphatic rings. The van der Waals surface area contributed by atoms with Gasteiger partial charge in [-0.1, -0.05) is 27.7 Å². The largest absolute Gasteiger partial charge is 0.383 e. The Labute approximate surface area is 99.0 Å². The highest BCUT2D eigenvalue weighted by Crippen LogP contribution is 2.28. The Hall–Kier alpha value is -0.220. The molecule has 0 radical (unpaired) electrons. The Morgan fingerprint density at radius 3 is 2.12 bits per heavy atom. The summed E-state index contributed by atoms with van der Waals surface area (Å²) in [5.41, 5.74) is 0. The molecule has 16 heavy (non-hydrogen) atoms. The molecule has 0 aromatic heterocycles. The summed E-state index contributed by atoms with van der Waals surface area (Å²) in [5, 5.41) is 0. The molecule has 4 heteroatoms. The summed E-state index contributed by atoms with van der Waals surface area (Å²) in [4.78, 5) is 1.67. The minimum Gasteiger partial charge on any atom is -0.383 e. The molecule has 1 atom stereocenters. The van der Waals surface area contributed by atoms with Crippen molar-refractivity contribution in [1.29, 1.82) is 0 Å². The molecule has 0 N–H and O–H groups in total. The number of nitrogens with zero attached hydrogens (tertiary/aromatic N) is 1. The molecular formula is C12H27F2NO. The maximum Gasteiger partial charge on any atom is 0.260 e. The fourth-order valence-electron chi connectivity index (χ4n) is 1.57.